The summed E-state index contributed by atoms with van der Waals surface area (Å²) in [5.41, 5.74) is 3.44. The van der Waals surface area contributed by atoms with Crippen molar-refractivity contribution < 1.29 is 23.8 Å². The lowest BCUT2D eigenvalue weighted by Crippen LogP contribution is -2.55. The maximum atomic E-state index is 6.91. The molecule has 1 saturated carbocycles. The molecular formula is C37H39NO5S2. The van der Waals surface area contributed by atoms with E-state index in [1.165, 1.54) is 11.8 Å². The fourth-order valence-corrected chi connectivity index (χ4v) is 6.76. The molecular weight excluding hydrogens is 603 g/mol. The molecule has 234 valence electrons. The van der Waals surface area contributed by atoms with Gasteiger partial charge in [-0.3, -0.25) is 4.84 Å². The second-order valence-electron chi connectivity index (χ2n) is 11.4. The normalized spacial score (nSPS) is 24.4. The van der Waals surface area contributed by atoms with E-state index in [-0.39, 0.29) is 18.6 Å². The molecule has 45 heavy (non-hydrogen) atoms. The van der Waals surface area contributed by atoms with Crippen LogP contribution >= 0.6 is 24.0 Å². The molecule has 0 radical (unpaired) electrons. The number of hydrogen-bond acceptors (Lipinski definition) is 8. The van der Waals surface area contributed by atoms with Gasteiger partial charge in [0.2, 0.25) is 4.38 Å². The van der Waals surface area contributed by atoms with E-state index >= 15 is 0 Å². The van der Waals surface area contributed by atoms with Gasteiger partial charge in [-0.05, 0) is 40.7 Å². The second kappa shape index (κ2) is 15.5. The van der Waals surface area contributed by atoms with Gasteiger partial charge in [-0.2, -0.15) is 5.06 Å². The predicted octanol–water partition coefficient (Wildman–Crippen LogP) is 7.22. The Hall–Kier alpha value is -3.08. The summed E-state index contributed by atoms with van der Waals surface area (Å²) < 4.78 is 27.6. The first kappa shape index (κ1) is 31.9. The third-order valence-electron chi connectivity index (χ3n) is 8.53. The third kappa shape index (κ3) is 7.67. The zero-order chi connectivity index (χ0) is 30.9. The smallest absolute Gasteiger partial charge is 0.220 e. The van der Waals surface area contributed by atoms with Crippen LogP contribution in [-0.4, -0.2) is 52.8 Å². The number of rotatable bonds is 13. The molecule has 6 nitrogen and oxygen atoms in total. The summed E-state index contributed by atoms with van der Waals surface area (Å²) in [4.78, 5) is 6.46. The lowest BCUT2D eigenvalue weighted by Gasteiger charge is -2.39. The van der Waals surface area contributed by atoms with Gasteiger partial charge in [0, 0.05) is 12.5 Å². The molecule has 2 fully saturated rings. The fraction of sp³-hybridized carbons (Fsp3) is 0.324. The molecule has 0 unspecified atom stereocenters. The summed E-state index contributed by atoms with van der Waals surface area (Å²) in [6.45, 7) is 2.55. The second-order valence-corrected chi connectivity index (χ2v) is 12.8. The highest BCUT2D eigenvalue weighted by atomic mass is 32.2. The van der Waals surface area contributed by atoms with Gasteiger partial charge >= 0.3 is 0 Å². The van der Waals surface area contributed by atoms with E-state index < -0.39 is 17.8 Å². The maximum absolute atomic E-state index is 6.91. The minimum absolute atomic E-state index is 0.136. The minimum Gasteiger partial charge on any atom is -0.466 e. The molecule has 1 aliphatic carbocycles. The Morgan fingerprint density at radius 1 is 0.756 bits per heavy atom. The molecule has 5 atom stereocenters. The number of nitrogens with zero attached hydrogens (tertiary/aromatic N) is 1. The van der Waals surface area contributed by atoms with E-state index in [2.05, 4.69) is 65.7 Å². The first-order valence-electron chi connectivity index (χ1n) is 15.3. The number of thiocarbonyl (C=S) groups is 1. The summed E-state index contributed by atoms with van der Waals surface area (Å²) >= 11 is 7.16. The zero-order valence-electron chi connectivity index (χ0n) is 25.4. The molecule has 0 spiro atoms. The van der Waals surface area contributed by atoms with Crippen molar-refractivity contribution in [3.8, 4) is 0 Å². The number of fused-ring (bicyclic) bond motifs is 1. The molecule has 1 heterocycles. The van der Waals surface area contributed by atoms with Crippen molar-refractivity contribution in [2.45, 2.75) is 50.2 Å². The van der Waals surface area contributed by atoms with Crippen molar-refractivity contribution >= 4 is 28.4 Å². The van der Waals surface area contributed by atoms with Gasteiger partial charge in [0.25, 0.3) is 0 Å². The van der Waals surface area contributed by atoms with Gasteiger partial charge in [-0.1, -0.05) is 133 Å². The van der Waals surface area contributed by atoms with Gasteiger partial charge in [0.15, 0.2) is 5.60 Å². The van der Waals surface area contributed by atoms with E-state index in [4.69, 9.17) is 36.0 Å². The van der Waals surface area contributed by atoms with Crippen LogP contribution < -0.4 is 0 Å². The van der Waals surface area contributed by atoms with Gasteiger partial charge in [0.05, 0.1) is 39.1 Å². The van der Waals surface area contributed by atoms with Crippen molar-refractivity contribution in [3.05, 3.63) is 144 Å². The van der Waals surface area contributed by atoms with Crippen molar-refractivity contribution in [1.29, 1.82) is 0 Å². The minimum atomic E-state index is -0.957. The molecule has 8 heteroatoms. The van der Waals surface area contributed by atoms with Crippen LogP contribution in [0.1, 0.15) is 22.3 Å². The number of thioether (sulfide) groups is 1. The van der Waals surface area contributed by atoms with Crippen LogP contribution in [0.4, 0.5) is 0 Å². The summed E-state index contributed by atoms with van der Waals surface area (Å²) in [6.07, 6.45) is 1.04. The summed E-state index contributed by atoms with van der Waals surface area (Å²) in [7, 11) is 0. The zero-order valence-corrected chi connectivity index (χ0v) is 27.0. The van der Waals surface area contributed by atoms with E-state index in [1.807, 2.05) is 66.9 Å². The molecule has 0 N–H and O–H groups in total. The van der Waals surface area contributed by atoms with E-state index in [1.54, 1.807) is 0 Å². The SMILES string of the molecule is CSC(=S)O[C@]1(COCc2ccccc2)[C@@H]2CON(Cc3ccccc3)[C@@H]2[C@H](OCc2ccccc2)[C@H]1OCc1ccccc1. The highest BCUT2D eigenvalue weighted by Crippen LogP contribution is 2.50. The number of benzene rings is 4. The first-order valence-corrected chi connectivity index (χ1v) is 16.9. The van der Waals surface area contributed by atoms with Crippen LogP contribution in [0, 0.1) is 5.92 Å². The summed E-state index contributed by atoms with van der Waals surface area (Å²) in [6, 6.07) is 40.8. The Morgan fingerprint density at radius 3 is 1.82 bits per heavy atom. The molecule has 4 aromatic rings. The Balaban J connectivity index is 1.37. The van der Waals surface area contributed by atoms with Crippen LogP contribution in [0.15, 0.2) is 121 Å². The van der Waals surface area contributed by atoms with Gasteiger partial charge in [-0.25, -0.2) is 0 Å². The van der Waals surface area contributed by atoms with Crippen molar-refractivity contribution in [3.63, 3.8) is 0 Å². The van der Waals surface area contributed by atoms with Crippen LogP contribution in [0.5, 0.6) is 0 Å². The number of ether oxygens (including phenoxy) is 4. The maximum Gasteiger partial charge on any atom is 0.220 e. The average molecular weight is 642 g/mol. The summed E-state index contributed by atoms with van der Waals surface area (Å²) in [5.74, 6) is -0.136. The van der Waals surface area contributed by atoms with E-state index in [0.717, 1.165) is 22.3 Å². The van der Waals surface area contributed by atoms with Gasteiger partial charge < -0.3 is 18.9 Å². The standard InChI is InChI=1S/C37H39NO5S2/c1-45-36(44)43-37(27-39-23-29-16-8-3-9-17-29)32-26-42-38(22-28-14-6-2-7-15-28)33(32)34(40-24-30-18-10-4-11-19-30)35(37)41-25-31-20-12-5-13-21-31/h2-21,32-35H,22-27H2,1H3/t32-,33+,34+,35-,37-/m1/s1. The first-order chi connectivity index (χ1) is 22.2. The number of hydrogen-bond donors (Lipinski definition) is 0. The fourth-order valence-electron chi connectivity index (χ4n) is 6.37. The lowest BCUT2D eigenvalue weighted by molar-refractivity contribution is -0.208. The quantitative estimate of drug-likeness (QED) is 0.142. The van der Waals surface area contributed by atoms with Crippen LogP contribution in [0.25, 0.3) is 0 Å². The molecule has 1 aliphatic heterocycles. The Labute approximate surface area is 275 Å². The Morgan fingerprint density at radius 2 is 1.27 bits per heavy atom. The molecule has 0 bridgehead atoms. The topological polar surface area (TPSA) is 49.4 Å². The van der Waals surface area contributed by atoms with Gasteiger partial charge in [-0.15, -0.1) is 0 Å². The Bertz CT molecular complexity index is 1480. The molecule has 0 amide bonds. The summed E-state index contributed by atoms with van der Waals surface area (Å²) in [5, 5.41) is 2.05. The van der Waals surface area contributed by atoms with Crippen LogP contribution in [0.3, 0.4) is 0 Å². The largest absolute Gasteiger partial charge is 0.466 e. The molecule has 2 aliphatic rings. The molecule has 1 saturated heterocycles. The Kier molecular flexibility index (Phi) is 11.0. The highest BCUT2D eigenvalue weighted by molar-refractivity contribution is 8.22. The lowest BCUT2D eigenvalue weighted by atomic mass is 9.89. The van der Waals surface area contributed by atoms with Crippen LogP contribution in [-0.2, 0) is 50.2 Å². The van der Waals surface area contributed by atoms with Crippen molar-refractivity contribution in [1.82, 2.24) is 5.06 Å². The molecule has 6 rings (SSSR count). The average Bonchev–Trinajstić information content (AvgIpc) is 3.61. The van der Waals surface area contributed by atoms with Crippen molar-refractivity contribution in [2.24, 2.45) is 5.92 Å². The molecule has 0 aromatic heterocycles. The third-order valence-corrected chi connectivity index (χ3v) is 9.53. The van der Waals surface area contributed by atoms with E-state index in [9.17, 15) is 0 Å². The van der Waals surface area contributed by atoms with E-state index in [0.29, 0.717) is 37.4 Å². The highest BCUT2D eigenvalue weighted by Gasteiger charge is 2.68. The monoisotopic (exact) mass is 641 g/mol. The van der Waals surface area contributed by atoms with Crippen LogP contribution in [0.2, 0.25) is 0 Å². The van der Waals surface area contributed by atoms with Gasteiger partial charge in [0.1, 0.15) is 12.2 Å². The number of hydroxylamine groups is 2. The molecule has 4 aromatic carbocycles. The van der Waals surface area contributed by atoms with Crippen molar-refractivity contribution in [2.75, 3.05) is 19.5 Å². The predicted molar refractivity (Wildman–Crippen MR) is 181 cm³/mol.